The first-order chi connectivity index (χ1) is 17.6. The highest BCUT2D eigenvalue weighted by molar-refractivity contribution is 6.15. The third-order valence-corrected chi connectivity index (χ3v) is 6.60. The van der Waals surface area contributed by atoms with Crippen molar-refractivity contribution in [3.63, 3.8) is 0 Å². The van der Waals surface area contributed by atoms with Crippen LogP contribution in [-0.4, -0.2) is 70.6 Å². The lowest BCUT2D eigenvalue weighted by atomic mass is 9.85. The molecule has 2 amide bonds. The molecule has 0 saturated carbocycles. The number of anilines is 1. The molecule has 10 heteroatoms. The third kappa shape index (κ3) is 5.03. The number of rotatable bonds is 6. The van der Waals surface area contributed by atoms with Crippen LogP contribution < -0.4 is 10.6 Å². The number of hydrogen-bond acceptors (Lipinski definition) is 7. The highest BCUT2D eigenvalue weighted by atomic mass is 16.2. The van der Waals surface area contributed by atoms with Crippen molar-refractivity contribution >= 4 is 34.4 Å². The summed E-state index contributed by atoms with van der Waals surface area (Å²) in [7, 11) is 3.56. The minimum atomic E-state index is -0.736. The van der Waals surface area contributed by atoms with Crippen molar-refractivity contribution in [2.24, 2.45) is 10.9 Å². The van der Waals surface area contributed by atoms with Crippen LogP contribution >= 0.6 is 0 Å². The van der Waals surface area contributed by atoms with Gasteiger partial charge in [-0.2, -0.15) is 5.26 Å². The van der Waals surface area contributed by atoms with E-state index in [2.05, 4.69) is 64.6 Å². The fourth-order valence-corrected chi connectivity index (χ4v) is 4.33. The fraction of sp³-hybridized carbons (Fsp3) is 0.407. The molecule has 3 aromatic rings. The van der Waals surface area contributed by atoms with Crippen LogP contribution in [0.5, 0.6) is 0 Å². The number of hydrogen-bond donors (Lipinski definition) is 3. The van der Waals surface area contributed by atoms with Gasteiger partial charge in [0.15, 0.2) is 5.65 Å². The van der Waals surface area contributed by atoms with Crippen LogP contribution in [0.2, 0.25) is 0 Å². The lowest BCUT2D eigenvalue weighted by Gasteiger charge is -2.37. The first-order valence-corrected chi connectivity index (χ1v) is 12.2. The molecule has 1 atom stereocenters. The van der Waals surface area contributed by atoms with Crippen molar-refractivity contribution in [1.82, 2.24) is 25.2 Å². The highest BCUT2D eigenvalue weighted by Crippen LogP contribution is 2.29. The Morgan fingerprint density at radius 2 is 2.00 bits per heavy atom. The van der Waals surface area contributed by atoms with Crippen LogP contribution in [0, 0.1) is 17.2 Å². The summed E-state index contributed by atoms with van der Waals surface area (Å²) in [5.74, 6) is -0.793. The van der Waals surface area contributed by atoms with E-state index in [4.69, 9.17) is 10.2 Å². The number of likely N-dealkylation sites (tertiary alicyclic amines) is 1. The number of amides is 2. The summed E-state index contributed by atoms with van der Waals surface area (Å²) in [4.78, 5) is 43.9. The van der Waals surface area contributed by atoms with Crippen LogP contribution in [0.25, 0.3) is 11.2 Å². The number of carbonyl (C=O) groups is 2. The summed E-state index contributed by atoms with van der Waals surface area (Å²) in [6.45, 7) is 8.90. The van der Waals surface area contributed by atoms with Gasteiger partial charge in [-0.1, -0.05) is 32.9 Å². The Labute approximate surface area is 216 Å². The molecule has 4 rings (SSSR count). The van der Waals surface area contributed by atoms with E-state index in [-0.39, 0.29) is 22.8 Å². The van der Waals surface area contributed by atoms with Gasteiger partial charge < -0.3 is 20.5 Å². The van der Waals surface area contributed by atoms with Crippen LogP contribution in [0.4, 0.5) is 5.69 Å². The lowest BCUT2D eigenvalue weighted by molar-refractivity contribution is -0.137. The van der Waals surface area contributed by atoms with E-state index in [0.717, 1.165) is 11.3 Å². The van der Waals surface area contributed by atoms with Gasteiger partial charge in [0.25, 0.3) is 5.91 Å². The molecule has 192 valence electrons. The first kappa shape index (κ1) is 25.8. The summed E-state index contributed by atoms with van der Waals surface area (Å²) in [5, 5.41) is 14.9. The molecule has 1 fully saturated rings. The van der Waals surface area contributed by atoms with E-state index >= 15 is 0 Å². The van der Waals surface area contributed by atoms with Gasteiger partial charge in [-0.05, 0) is 24.0 Å². The number of carbonyl (C=O) groups excluding carboxylic acids is 2. The number of aromatic amines is 1. The molecule has 1 saturated heterocycles. The highest BCUT2D eigenvalue weighted by Gasteiger charge is 2.33. The molecular weight excluding hydrogens is 468 g/mol. The summed E-state index contributed by atoms with van der Waals surface area (Å²) in [5.41, 5.74) is 5.27. The zero-order chi connectivity index (χ0) is 26.9. The molecule has 0 bridgehead atoms. The second-order valence-electron chi connectivity index (χ2n) is 10.3. The smallest absolute Gasteiger partial charge is 0.255 e. The molecule has 0 unspecified atom stereocenters. The Morgan fingerprint density at radius 1 is 1.27 bits per heavy atom. The van der Waals surface area contributed by atoms with Crippen molar-refractivity contribution in [2.75, 3.05) is 32.5 Å². The number of aromatic nitrogens is 3. The lowest BCUT2D eigenvalue weighted by Crippen LogP contribution is -2.55. The average Bonchev–Trinajstić information content (AvgIpc) is 3.26. The second kappa shape index (κ2) is 10.0. The molecule has 0 radical (unpaired) electrons. The van der Waals surface area contributed by atoms with Gasteiger partial charge in [0.1, 0.15) is 17.3 Å². The molecule has 3 heterocycles. The Kier molecular flexibility index (Phi) is 6.99. The minimum Gasteiger partial charge on any atom is -0.388 e. The molecule has 10 nitrogen and oxygen atoms in total. The second-order valence-corrected chi connectivity index (χ2v) is 10.3. The maximum atomic E-state index is 13.1. The van der Waals surface area contributed by atoms with E-state index in [1.54, 1.807) is 25.1 Å². The summed E-state index contributed by atoms with van der Waals surface area (Å²) in [6.07, 6.45) is 3.16. The quantitative estimate of drug-likeness (QED) is 0.445. The molecule has 0 aliphatic carbocycles. The van der Waals surface area contributed by atoms with Crippen LogP contribution in [0.1, 0.15) is 54.9 Å². The Bertz CT molecular complexity index is 1420. The van der Waals surface area contributed by atoms with Gasteiger partial charge in [-0.15, -0.1) is 0 Å². The monoisotopic (exact) mass is 500 g/mol. The van der Waals surface area contributed by atoms with Crippen LogP contribution in [-0.2, 0) is 10.2 Å². The van der Waals surface area contributed by atoms with E-state index < -0.39 is 11.9 Å². The first-order valence-electron chi connectivity index (χ1n) is 12.2. The van der Waals surface area contributed by atoms with Crippen molar-refractivity contribution in [3.05, 3.63) is 53.0 Å². The van der Waals surface area contributed by atoms with E-state index in [9.17, 15) is 9.59 Å². The molecule has 37 heavy (non-hydrogen) atoms. The number of nitriles is 1. The topological polar surface area (TPSA) is 139 Å². The van der Waals surface area contributed by atoms with Crippen molar-refractivity contribution in [3.8, 4) is 6.07 Å². The van der Waals surface area contributed by atoms with Crippen molar-refractivity contribution < 1.29 is 9.59 Å². The van der Waals surface area contributed by atoms with Crippen LogP contribution in [0.15, 0.2) is 35.6 Å². The van der Waals surface area contributed by atoms with E-state index in [0.29, 0.717) is 35.7 Å². The molecule has 1 aliphatic rings. The SMILES string of the molecule is C/N=C(/c1cnc2[nH]cc(C(=O)N[C@H](C)C(=O)N3CC(C#N)C3)c2n1)c1ccc(C(C)(C)C)cc1NC. The predicted molar refractivity (Wildman–Crippen MR) is 143 cm³/mol. The van der Waals surface area contributed by atoms with Crippen molar-refractivity contribution in [1.29, 1.82) is 5.26 Å². The molecule has 2 aromatic heterocycles. The number of benzene rings is 1. The van der Waals surface area contributed by atoms with Crippen LogP contribution in [0.3, 0.4) is 0 Å². The largest absolute Gasteiger partial charge is 0.388 e. The Balaban J connectivity index is 1.61. The zero-order valence-electron chi connectivity index (χ0n) is 22.0. The third-order valence-electron chi connectivity index (χ3n) is 6.60. The molecular formula is C27H32N8O2. The van der Waals surface area contributed by atoms with Gasteiger partial charge in [-0.25, -0.2) is 9.97 Å². The molecule has 1 aromatic carbocycles. The Morgan fingerprint density at radius 3 is 2.62 bits per heavy atom. The van der Waals surface area contributed by atoms with Gasteiger partial charge in [0.2, 0.25) is 5.91 Å². The minimum absolute atomic E-state index is 0.00858. The Hall–Kier alpha value is -4.26. The number of nitrogens with zero attached hydrogens (tertiary/aromatic N) is 5. The van der Waals surface area contributed by atoms with Crippen molar-refractivity contribution in [2.45, 2.75) is 39.2 Å². The predicted octanol–water partition coefficient (Wildman–Crippen LogP) is 2.86. The van der Waals surface area contributed by atoms with Gasteiger partial charge in [0.05, 0.1) is 29.5 Å². The number of fused-ring (bicyclic) bond motifs is 1. The van der Waals surface area contributed by atoms with E-state index in [1.807, 2.05) is 13.1 Å². The molecule has 1 aliphatic heterocycles. The number of H-pyrrole nitrogens is 1. The maximum Gasteiger partial charge on any atom is 0.255 e. The number of nitrogens with one attached hydrogen (secondary N) is 3. The summed E-state index contributed by atoms with van der Waals surface area (Å²) in [6, 6.07) is 7.61. The van der Waals surface area contributed by atoms with Gasteiger partial charge in [-0.3, -0.25) is 14.6 Å². The fourth-order valence-electron chi connectivity index (χ4n) is 4.33. The number of aliphatic imine (C=N–C) groups is 1. The van der Waals surface area contributed by atoms with Gasteiger partial charge >= 0.3 is 0 Å². The van der Waals surface area contributed by atoms with Gasteiger partial charge in [0, 0.05) is 44.6 Å². The normalized spacial score (nSPS) is 15.2. The summed E-state index contributed by atoms with van der Waals surface area (Å²) >= 11 is 0. The summed E-state index contributed by atoms with van der Waals surface area (Å²) < 4.78 is 0. The molecule has 3 N–H and O–H groups in total. The zero-order valence-corrected chi connectivity index (χ0v) is 22.0. The maximum absolute atomic E-state index is 13.1. The standard InChI is InChI=1S/C27H32N8O2/c1-15(26(37)35-13-16(10-28)14-35)33-25(36)19-11-31-24-23(19)34-21(12-32-24)22(30-6)18-8-7-17(27(2,3)4)9-20(18)29-5/h7-9,11-12,15-16,29H,13-14H2,1-6H3,(H,31,32)(H,33,36)/b30-22+/t15-/m1/s1. The molecule has 0 spiro atoms. The van der Waals surface area contributed by atoms with E-state index in [1.165, 1.54) is 11.8 Å². The average molecular weight is 501 g/mol.